The number of nitrogens with zero attached hydrogens (tertiary/aromatic N) is 2. The normalized spacial score (nSPS) is 16.8. The Labute approximate surface area is 273 Å². The van der Waals surface area contributed by atoms with E-state index < -0.39 is 17.7 Å². The molecule has 1 aliphatic heterocycles. The van der Waals surface area contributed by atoms with Crippen molar-refractivity contribution in [1.82, 2.24) is 4.98 Å². The minimum absolute atomic E-state index is 0.250. The lowest BCUT2D eigenvalue weighted by Gasteiger charge is -2.49. The Morgan fingerprint density at radius 1 is 1.02 bits per heavy atom. The highest BCUT2D eigenvalue weighted by Crippen LogP contribution is 2.51. The number of piperidine rings is 1. The third-order valence-electron chi connectivity index (χ3n) is 9.19. The van der Waals surface area contributed by atoms with Gasteiger partial charge in [0.15, 0.2) is 6.10 Å². The van der Waals surface area contributed by atoms with Crippen molar-refractivity contribution in [3.05, 3.63) is 76.9 Å². The molecule has 1 saturated heterocycles. The summed E-state index contributed by atoms with van der Waals surface area (Å²) in [6, 6.07) is 14.4. The van der Waals surface area contributed by atoms with Gasteiger partial charge >= 0.3 is 5.97 Å². The number of benzene rings is 2. The number of carbonyl (C=O) groups is 1. The zero-order chi connectivity index (χ0) is 33.1. The van der Waals surface area contributed by atoms with Crippen molar-refractivity contribution in [2.75, 3.05) is 24.6 Å². The second kappa shape index (κ2) is 14.1. The van der Waals surface area contributed by atoms with Crippen molar-refractivity contribution >= 4 is 11.7 Å². The fourth-order valence-corrected chi connectivity index (χ4v) is 6.74. The summed E-state index contributed by atoms with van der Waals surface area (Å²) in [5, 5.41) is 10.7. The molecule has 1 aromatic heterocycles. The molecule has 2 fully saturated rings. The van der Waals surface area contributed by atoms with Crippen LogP contribution in [0.25, 0.3) is 11.1 Å². The Morgan fingerprint density at radius 3 is 2.22 bits per heavy atom. The van der Waals surface area contributed by atoms with Crippen LogP contribution in [-0.2, 0) is 27.3 Å². The molecule has 8 heteroatoms. The summed E-state index contributed by atoms with van der Waals surface area (Å²) < 4.78 is 31.5. The summed E-state index contributed by atoms with van der Waals surface area (Å²) >= 11 is 0. The summed E-state index contributed by atoms with van der Waals surface area (Å²) in [6.45, 7) is 13.2. The molecule has 5 rings (SSSR count). The number of halogens is 1. The van der Waals surface area contributed by atoms with E-state index in [-0.39, 0.29) is 18.5 Å². The molecule has 2 aliphatic rings. The largest absolute Gasteiger partial charge is 0.493 e. The first-order valence-corrected chi connectivity index (χ1v) is 16.6. The Kier molecular flexibility index (Phi) is 10.4. The van der Waals surface area contributed by atoms with Gasteiger partial charge in [0.2, 0.25) is 0 Å². The Bertz CT molecular complexity index is 1480. The molecule has 0 bridgehead atoms. The second-order valence-electron chi connectivity index (χ2n) is 14.1. The van der Waals surface area contributed by atoms with Gasteiger partial charge in [-0.05, 0) is 108 Å². The van der Waals surface area contributed by atoms with Crippen molar-refractivity contribution in [3.8, 4) is 16.9 Å². The fourth-order valence-electron chi connectivity index (χ4n) is 6.74. The molecule has 1 atom stereocenters. The van der Waals surface area contributed by atoms with Gasteiger partial charge in [0, 0.05) is 36.3 Å². The van der Waals surface area contributed by atoms with Crippen molar-refractivity contribution in [1.29, 1.82) is 0 Å². The van der Waals surface area contributed by atoms with Crippen molar-refractivity contribution in [2.45, 2.75) is 104 Å². The summed E-state index contributed by atoms with van der Waals surface area (Å²) in [5.41, 5.74) is 5.26. The van der Waals surface area contributed by atoms with Crippen LogP contribution >= 0.6 is 0 Å². The number of ether oxygens (including phenoxy) is 3. The SMILES string of the molecule is Cc1nc(CO)c(C(OC(C)(C)C)C(=O)OC(C)C)c(N2CCC3(CCC3)CC2)c1-c1ccc(OCCc2ccc(F)cc2)cc1. The number of carbonyl (C=O) groups excluding carboxylic acids is 1. The molecule has 2 aromatic carbocycles. The highest BCUT2D eigenvalue weighted by molar-refractivity contribution is 5.88. The molecule has 3 aromatic rings. The number of aliphatic hydroxyl groups excluding tert-OH is 1. The fraction of sp³-hybridized carbons (Fsp3) is 0.526. The zero-order valence-corrected chi connectivity index (χ0v) is 28.2. The molecule has 2 heterocycles. The van der Waals surface area contributed by atoms with E-state index in [1.165, 1.54) is 31.4 Å². The zero-order valence-electron chi connectivity index (χ0n) is 28.2. The van der Waals surface area contributed by atoms with E-state index in [1.807, 2.05) is 65.8 Å². The molecule has 46 heavy (non-hydrogen) atoms. The van der Waals surface area contributed by atoms with Crippen LogP contribution in [0.3, 0.4) is 0 Å². The Balaban J connectivity index is 1.55. The predicted octanol–water partition coefficient (Wildman–Crippen LogP) is 7.89. The minimum Gasteiger partial charge on any atom is -0.493 e. The van der Waals surface area contributed by atoms with Crippen LogP contribution in [0.4, 0.5) is 10.1 Å². The first kappa shape index (κ1) is 33.9. The average molecular weight is 633 g/mol. The number of aryl methyl sites for hydroxylation is 1. The van der Waals surface area contributed by atoms with Crippen LogP contribution in [0.15, 0.2) is 48.5 Å². The van der Waals surface area contributed by atoms with E-state index in [2.05, 4.69) is 4.90 Å². The van der Waals surface area contributed by atoms with E-state index in [1.54, 1.807) is 12.1 Å². The maximum absolute atomic E-state index is 13.8. The second-order valence-corrected chi connectivity index (χ2v) is 14.1. The van der Waals surface area contributed by atoms with Crippen LogP contribution in [-0.4, -0.2) is 47.5 Å². The molecule has 1 N–H and O–H groups in total. The van der Waals surface area contributed by atoms with E-state index in [9.17, 15) is 14.3 Å². The molecule has 0 amide bonds. The molecule has 248 valence electrons. The molecule has 0 radical (unpaired) electrons. The molecular weight excluding hydrogens is 583 g/mol. The molecule has 1 spiro atoms. The van der Waals surface area contributed by atoms with Crippen LogP contribution < -0.4 is 9.64 Å². The third kappa shape index (κ3) is 7.89. The Hall–Kier alpha value is -3.49. The molecular formula is C38H49FN2O5. The number of rotatable bonds is 11. The van der Waals surface area contributed by atoms with Gasteiger partial charge in [0.25, 0.3) is 0 Å². The lowest BCUT2D eigenvalue weighted by atomic mass is 9.63. The number of anilines is 1. The molecule has 7 nitrogen and oxygen atoms in total. The topological polar surface area (TPSA) is 81.1 Å². The maximum Gasteiger partial charge on any atom is 0.340 e. The first-order chi connectivity index (χ1) is 21.9. The maximum atomic E-state index is 13.8. The highest BCUT2D eigenvalue weighted by Gasteiger charge is 2.42. The predicted molar refractivity (Wildman–Crippen MR) is 178 cm³/mol. The van der Waals surface area contributed by atoms with Crippen molar-refractivity contribution in [3.63, 3.8) is 0 Å². The average Bonchev–Trinajstić information content (AvgIpc) is 2.99. The lowest BCUT2D eigenvalue weighted by Crippen LogP contribution is -2.44. The molecule has 1 saturated carbocycles. The van der Waals surface area contributed by atoms with E-state index in [4.69, 9.17) is 19.2 Å². The van der Waals surface area contributed by atoms with Crippen LogP contribution in [0.5, 0.6) is 5.75 Å². The number of aromatic nitrogens is 1. The number of esters is 1. The summed E-state index contributed by atoms with van der Waals surface area (Å²) in [4.78, 5) is 21.0. The summed E-state index contributed by atoms with van der Waals surface area (Å²) in [7, 11) is 0. The molecule has 1 aliphatic carbocycles. The monoisotopic (exact) mass is 632 g/mol. The molecule has 1 unspecified atom stereocenters. The van der Waals surface area contributed by atoms with E-state index >= 15 is 0 Å². The number of hydrogen-bond acceptors (Lipinski definition) is 7. The Morgan fingerprint density at radius 2 is 1.67 bits per heavy atom. The van der Waals surface area contributed by atoms with Crippen LogP contribution in [0.2, 0.25) is 0 Å². The van der Waals surface area contributed by atoms with Crippen molar-refractivity contribution < 1.29 is 28.5 Å². The van der Waals surface area contributed by atoms with Gasteiger partial charge in [-0.2, -0.15) is 0 Å². The van der Waals surface area contributed by atoms with Gasteiger partial charge in [0.1, 0.15) is 11.6 Å². The third-order valence-corrected chi connectivity index (χ3v) is 9.19. The van der Waals surface area contributed by atoms with Gasteiger partial charge in [-0.25, -0.2) is 9.18 Å². The summed E-state index contributed by atoms with van der Waals surface area (Å²) in [5.74, 6) is -0.0146. The van der Waals surface area contributed by atoms with Gasteiger partial charge < -0.3 is 24.2 Å². The number of aliphatic hydroxyl groups is 1. The minimum atomic E-state index is -1.07. The number of hydrogen-bond donors (Lipinski definition) is 1. The quantitative estimate of drug-likeness (QED) is 0.215. The van der Waals surface area contributed by atoms with Gasteiger partial charge in [-0.15, -0.1) is 0 Å². The summed E-state index contributed by atoms with van der Waals surface area (Å²) in [6.07, 6.45) is 5.28. The van der Waals surface area contributed by atoms with Crippen molar-refractivity contribution in [2.24, 2.45) is 5.41 Å². The van der Waals surface area contributed by atoms with E-state index in [0.29, 0.717) is 29.7 Å². The van der Waals surface area contributed by atoms with Crippen LogP contribution in [0.1, 0.15) is 95.3 Å². The first-order valence-electron chi connectivity index (χ1n) is 16.6. The van der Waals surface area contributed by atoms with Gasteiger partial charge in [0.05, 0.1) is 36.3 Å². The highest BCUT2D eigenvalue weighted by atomic mass is 19.1. The van der Waals surface area contributed by atoms with Gasteiger partial charge in [-0.3, -0.25) is 4.98 Å². The van der Waals surface area contributed by atoms with E-state index in [0.717, 1.165) is 59.8 Å². The van der Waals surface area contributed by atoms with Gasteiger partial charge in [-0.1, -0.05) is 30.7 Å². The lowest BCUT2D eigenvalue weighted by molar-refractivity contribution is -0.171. The smallest absolute Gasteiger partial charge is 0.340 e. The standard InChI is InChI=1S/C38H49FN2O5/c1-25(2)45-36(43)35(46-37(4,5)6)33-31(24-42)40-26(3)32(34(33)41-21-19-38(20-22-41)17-7-18-38)28-10-14-30(15-11-28)44-23-16-27-8-12-29(39)13-9-27/h8-15,25,35,42H,7,16-24H2,1-6H3. The van der Waals surface area contributed by atoms with Crippen LogP contribution in [0, 0.1) is 18.2 Å². The number of pyridine rings is 1.